The van der Waals surface area contributed by atoms with Crippen LogP contribution in [0, 0.1) is 6.92 Å². The van der Waals surface area contributed by atoms with Gasteiger partial charge in [-0.1, -0.05) is 11.6 Å². The van der Waals surface area contributed by atoms with E-state index in [-0.39, 0.29) is 5.97 Å². The van der Waals surface area contributed by atoms with E-state index in [1.807, 2.05) is 25.1 Å². The van der Waals surface area contributed by atoms with Gasteiger partial charge in [0.1, 0.15) is 0 Å². The third-order valence-electron chi connectivity index (χ3n) is 1.93. The van der Waals surface area contributed by atoms with Crippen LogP contribution < -0.4 is 0 Å². The van der Waals surface area contributed by atoms with Gasteiger partial charge in [-0.2, -0.15) is 0 Å². The number of esters is 1. The van der Waals surface area contributed by atoms with Crippen molar-refractivity contribution in [2.45, 2.75) is 18.2 Å². The third kappa shape index (κ3) is 4.14. The number of ether oxygens (including phenoxy) is 1. The molecule has 1 aromatic rings. The van der Waals surface area contributed by atoms with Gasteiger partial charge in [-0.05, 0) is 30.7 Å². The molecule has 0 heterocycles. The van der Waals surface area contributed by atoms with Crippen molar-refractivity contribution in [3.63, 3.8) is 0 Å². The van der Waals surface area contributed by atoms with Gasteiger partial charge < -0.3 is 4.74 Å². The van der Waals surface area contributed by atoms with Crippen LogP contribution in [-0.2, 0) is 9.53 Å². The van der Waals surface area contributed by atoms with Crippen molar-refractivity contribution in [3.05, 3.63) is 28.8 Å². The molecule has 0 unspecified atom stereocenters. The second-order valence-corrected chi connectivity index (χ2v) is 4.66. The number of methoxy groups -OCH3 is 1. The number of benzene rings is 1. The van der Waals surface area contributed by atoms with Crippen LogP contribution in [-0.4, -0.2) is 18.8 Å². The standard InChI is InChI=1S/C11H13ClO2S/c1-8-7-9(3-4-10(8)12)15-6-5-11(13)14-2/h3-4,7H,5-6H2,1-2H3. The van der Waals surface area contributed by atoms with Crippen LogP contribution in [0.3, 0.4) is 0 Å². The number of carbonyl (C=O) groups is 1. The molecule has 0 N–H and O–H groups in total. The molecule has 2 nitrogen and oxygen atoms in total. The third-order valence-corrected chi connectivity index (χ3v) is 3.35. The summed E-state index contributed by atoms with van der Waals surface area (Å²) < 4.78 is 4.56. The minimum atomic E-state index is -0.173. The smallest absolute Gasteiger partial charge is 0.306 e. The van der Waals surface area contributed by atoms with Crippen molar-refractivity contribution in [3.8, 4) is 0 Å². The van der Waals surface area contributed by atoms with Gasteiger partial charge in [-0.25, -0.2) is 0 Å². The van der Waals surface area contributed by atoms with Crippen LogP contribution in [0.5, 0.6) is 0 Å². The summed E-state index contributed by atoms with van der Waals surface area (Å²) in [5, 5.41) is 0.771. The highest BCUT2D eigenvalue weighted by Gasteiger charge is 2.02. The van der Waals surface area contributed by atoms with E-state index in [0.717, 1.165) is 21.2 Å². The minimum absolute atomic E-state index is 0.173. The molecule has 1 aromatic carbocycles. The van der Waals surface area contributed by atoms with E-state index in [9.17, 15) is 4.79 Å². The number of hydrogen-bond donors (Lipinski definition) is 0. The second-order valence-electron chi connectivity index (χ2n) is 3.09. The Morgan fingerprint density at radius 2 is 2.27 bits per heavy atom. The Morgan fingerprint density at radius 3 is 2.87 bits per heavy atom. The fourth-order valence-corrected chi connectivity index (χ4v) is 2.11. The predicted octanol–water partition coefficient (Wildman–Crippen LogP) is 3.30. The van der Waals surface area contributed by atoms with Crippen molar-refractivity contribution in [1.82, 2.24) is 0 Å². The average Bonchev–Trinajstić information content (AvgIpc) is 2.23. The molecule has 0 atom stereocenters. The summed E-state index contributed by atoms with van der Waals surface area (Å²) in [6.07, 6.45) is 0.433. The first kappa shape index (κ1) is 12.4. The van der Waals surface area contributed by atoms with Gasteiger partial charge in [0.25, 0.3) is 0 Å². The molecule has 0 aliphatic carbocycles. The predicted molar refractivity (Wildman–Crippen MR) is 63.5 cm³/mol. The van der Waals surface area contributed by atoms with Crippen molar-refractivity contribution >= 4 is 29.3 Å². The van der Waals surface area contributed by atoms with Gasteiger partial charge in [0.15, 0.2) is 0 Å². The van der Waals surface area contributed by atoms with E-state index < -0.39 is 0 Å². The fourth-order valence-electron chi connectivity index (χ4n) is 1.06. The highest BCUT2D eigenvalue weighted by Crippen LogP contribution is 2.24. The first-order valence-corrected chi connectivity index (χ1v) is 5.95. The van der Waals surface area contributed by atoms with E-state index in [1.165, 1.54) is 7.11 Å². The Hall–Kier alpha value is -0.670. The quantitative estimate of drug-likeness (QED) is 0.601. The molecule has 0 bridgehead atoms. The maximum Gasteiger partial charge on any atom is 0.306 e. The molecule has 1 rings (SSSR count). The molecular formula is C11H13ClO2S. The molecule has 0 aliphatic heterocycles. The van der Waals surface area contributed by atoms with Crippen LogP contribution in [0.15, 0.2) is 23.1 Å². The van der Waals surface area contributed by atoms with Crippen molar-refractivity contribution < 1.29 is 9.53 Å². The summed E-state index contributed by atoms with van der Waals surface area (Å²) in [6, 6.07) is 5.85. The Kier molecular flexibility index (Phi) is 4.99. The normalized spacial score (nSPS) is 10.1. The van der Waals surface area contributed by atoms with E-state index in [4.69, 9.17) is 11.6 Å². The van der Waals surface area contributed by atoms with Gasteiger partial charge in [0, 0.05) is 15.7 Å². The topological polar surface area (TPSA) is 26.3 Å². The second kappa shape index (κ2) is 6.03. The van der Waals surface area contributed by atoms with Gasteiger partial charge in [0.05, 0.1) is 13.5 Å². The molecule has 0 saturated carbocycles. The summed E-state index contributed by atoms with van der Waals surface area (Å²) in [4.78, 5) is 12.0. The maximum absolute atomic E-state index is 10.9. The molecule has 0 aromatic heterocycles. The van der Waals surface area contributed by atoms with Crippen LogP contribution >= 0.6 is 23.4 Å². The number of aryl methyl sites for hydroxylation is 1. The number of hydrogen-bond acceptors (Lipinski definition) is 3. The van der Waals surface area contributed by atoms with E-state index in [2.05, 4.69) is 4.74 Å². The molecule has 0 amide bonds. The lowest BCUT2D eigenvalue weighted by Crippen LogP contribution is -2.00. The molecule has 15 heavy (non-hydrogen) atoms. The zero-order valence-corrected chi connectivity index (χ0v) is 10.3. The summed E-state index contributed by atoms with van der Waals surface area (Å²) in [7, 11) is 1.40. The summed E-state index contributed by atoms with van der Waals surface area (Å²) in [5.74, 6) is 0.557. The maximum atomic E-state index is 10.9. The molecule has 0 saturated heterocycles. The van der Waals surface area contributed by atoms with Crippen LogP contribution in [0.25, 0.3) is 0 Å². The first-order chi connectivity index (χ1) is 7.13. The summed E-state index contributed by atoms with van der Waals surface area (Å²) in [6.45, 7) is 1.96. The van der Waals surface area contributed by atoms with Crippen molar-refractivity contribution in [2.75, 3.05) is 12.9 Å². The average molecular weight is 245 g/mol. The highest BCUT2D eigenvalue weighted by atomic mass is 35.5. The van der Waals surface area contributed by atoms with Crippen LogP contribution in [0.2, 0.25) is 5.02 Å². The van der Waals surface area contributed by atoms with Gasteiger partial charge in [-0.15, -0.1) is 11.8 Å². The zero-order chi connectivity index (χ0) is 11.3. The van der Waals surface area contributed by atoms with Gasteiger partial charge in [0.2, 0.25) is 0 Å². The van der Waals surface area contributed by atoms with Crippen molar-refractivity contribution in [1.29, 1.82) is 0 Å². The zero-order valence-electron chi connectivity index (χ0n) is 8.75. The largest absolute Gasteiger partial charge is 0.469 e. The van der Waals surface area contributed by atoms with E-state index >= 15 is 0 Å². The Balaban J connectivity index is 2.44. The van der Waals surface area contributed by atoms with Gasteiger partial charge >= 0.3 is 5.97 Å². The molecule has 0 fully saturated rings. The molecule has 82 valence electrons. The summed E-state index contributed by atoms with van der Waals surface area (Å²) >= 11 is 7.53. The van der Waals surface area contributed by atoms with E-state index in [1.54, 1.807) is 11.8 Å². The summed E-state index contributed by atoms with van der Waals surface area (Å²) in [5.41, 5.74) is 1.06. The number of halogens is 1. The monoisotopic (exact) mass is 244 g/mol. The Labute approximate surface area is 99.0 Å². The lowest BCUT2D eigenvalue weighted by molar-refractivity contribution is -0.140. The molecule has 0 aliphatic rings. The molecule has 0 spiro atoms. The van der Waals surface area contributed by atoms with Crippen LogP contribution in [0.4, 0.5) is 0 Å². The highest BCUT2D eigenvalue weighted by molar-refractivity contribution is 7.99. The van der Waals surface area contributed by atoms with Crippen molar-refractivity contribution in [2.24, 2.45) is 0 Å². The Morgan fingerprint density at radius 1 is 1.53 bits per heavy atom. The number of thioether (sulfide) groups is 1. The molecular weight excluding hydrogens is 232 g/mol. The lowest BCUT2D eigenvalue weighted by Gasteiger charge is -2.03. The molecule has 0 radical (unpaired) electrons. The fraction of sp³-hybridized carbons (Fsp3) is 0.364. The number of carbonyl (C=O) groups excluding carboxylic acids is 1. The lowest BCUT2D eigenvalue weighted by atomic mass is 10.2. The first-order valence-electron chi connectivity index (χ1n) is 4.59. The van der Waals surface area contributed by atoms with Crippen LogP contribution in [0.1, 0.15) is 12.0 Å². The number of rotatable bonds is 4. The SMILES string of the molecule is COC(=O)CCSc1ccc(Cl)c(C)c1. The van der Waals surface area contributed by atoms with Gasteiger partial charge in [-0.3, -0.25) is 4.79 Å². The van der Waals surface area contributed by atoms with E-state index in [0.29, 0.717) is 6.42 Å². The molecule has 4 heteroatoms. The Bertz CT molecular complexity index is 352. The minimum Gasteiger partial charge on any atom is -0.469 e.